The molecule has 0 fully saturated rings. The van der Waals surface area contributed by atoms with E-state index in [2.05, 4.69) is 17.2 Å². The molecule has 1 aromatic heterocycles. The van der Waals surface area contributed by atoms with Crippen molar-refractivity contribution in [2.45, 2.75) is 45.3 Å². The molecule has 1 unspecified atom stereocenters. The third-order valence-electron chi connectivity index (χ3n) is 2.57. The number of alkyl halides is 3. The molecule has 96 valence electrons. The van der Waals surface area contributed by atoms with Gasteiger partial charge in [0.2, 0.25) is 0 Å². The average Bonchev–Trinajstić information content (AvgIpc) is 2.28. The van der Waals surface area contributed by atoms with E-state index in [1.54, 1.807) is 0 Å². The lowest BCUT2D eigenvalue weighted by Crippen LogP contribution is -2.19. The number of aromatic nitrogens is 1. The van der Waals surface area contributed by atoms with Crippen LogP contribution in [0.1, 0.15) is 38.7 Å². The first kappa shape index (κ1) is 13.8. The molecule has 2 nitrogen and oxygen atoms in total. The Hall–Kier alpha value is -1.26. The van der Waals surface area contributed by atoms with Crippen molar-refractivity contribution in [3.8, 4) is 0 Å². The quantitative estimate of drug-likeness (QED) is 0.846. The van der Waals surface area contributed by atoms with Gasteiger partial charge in [-0.1, -0.05) is 20.3 Å². The molecular formula is C12H17F3N2. The number of anilines is 1. The zero-order chi connectivity index (χ0) is 12.9. The number of pyridine rings is 1. The SMILES string of the molecule is CCCC(CC)Nc1ccc(C(F)(F)F)cn1. The highest BCUT2D eigenvalue weighted by Gasteiger charge is 2.30. The minimum absolute atomic E-state index is 0.268. The summed E-state index contributed by atoms with van der Waals surface area (Å²) >= 11 is 0. The summed E-state index contributed by atoms with van der Waals surface area (Å²) in [5, 5.41) is 3.13. The van der Waals surface area contributed by atoms with Gasteiger partial charge in [0.25, 0.3) is 0 Å². The number of nitrogens with zero attached hydrogens (tertiary/aromatic N) is 1. The maximum absolute atomic E-state index is 12.3. The predicted octanol–water partition coefficient (Wildman–Crippen LogP) is 4.09. The van der Waals surface area contributed by atoms with Gasteiger partial charge in [-0.25, -0.2) is 4.98 Å². The highest BCUT2D eigenvalue weighted by molar-refractivity contribution is 5.37. The van der Waals surface area contributed by atoms with Crippen molar-refractivity contribution in [1.29, 1.82) is 0 Å². The van der Waals surface area contributed by atoms with Gasteiger partial charge in [-0.15, -0.1) is 0 Å². The standard InChI is InChI=1S/C12H17F3N2/c1-3-5-10(4-2)17-11-7-6-9(8-16-11)12(13,14)15/h6-8,10H,3-5H2,1-2H3,(H,16,17). The van der Waals surface area contributed by atoms with E-state index in [0.29, 0.717) is 5.82 Å². The first-order chi connectivity index (χ1) is 7.97. The maximum Gasteiger partial charge on any atom is 0.417 e. The number of nitrogens with one attached hydrogen (secondary N) is 1. The van der Waals surface area contributed by atoms with Crippen LogP contribution in [-0.2, 0) is 6.18 Å². The third kappa shape index (κ3) is 4.24. The Kier molecular flexibility index (Phi) is 4.78. The molecule has 0 spiro atoms. The Balaban J connectivity index is 2.68. The van der Waals surface area contributed by atoms with Gasteiger partial charge >= 0.3 is 6.18 Å². The summed E-state index contributed by atoms with van der Waals surface area (Å²) in [7, 11) is 0. The van der Waals surface area contributed by atoms with Crippen molar-refractivity contribution in [2.75, 3.05) is 5.32 Å². The number of rotatable bonds is 5. The second-order valence-electron chi connectivity index (χ2n) is 3.97. The van der Waals surface area contributed by atoms with Gasteiger partial charge in [0, 0.05) is 12.2 Å². The molecule has 17 heavy (non-hydrogen) atoms. The van der Waals surface area contributed by atoms with E-state index in [4.69, 9.17) is 0 Å². The molecule has 0 radical (unpaired) electrons. The number of halogens is 3. The molecule has 0 bridgehead atoms. The van der Waals surface area contributed by atoms with Gasteiger partial charge in [0.1, 0.15) is 5.82 Å². The van der Waals surface area contributed by atoms with Crippen molar-refractivity contribution in [2.24, 2.45) is 0 Å². The average molecular weight is 246 g/mol. The van der Waals surface area contributed by atoms with E-state index in [9.17, 15) is 13.2 Å². The Morgan fingerprint density at radius 3 is 2.41 bits per heavy atom. The van der Waals surface area contributed by atoms with Crippen LogP contribution in [0.25, 0.3) is 0 Å². The molecule has 1 N–H and O–H groups in total. The van der Waals surface area contributed by atoms with Crippen molar-refractivity contribution in [1.82, 2.24) is 4.98 Å². The minimum atomic E-state index is -4.32. The first-order valence-corrected chi connectivity index (χ1v) is 5.77. The Morgan fingerprint density at radius 1 is 1.29 bits per heavy atom. The van der Waals surface area contributed by atoms with Crippen LogP contribution in [0.5, 0.6) is 0 Å². The zero-order valence-electron chi connectivity index (χ0n) is 10.0. The Bertz CT molecular complexity index is 333. The Morgan fingerprint density at radius 2 is 2.00 bits per heavy atom. The van der Waals surface area contributed by atoms with E-state index in [1.165, 1.54) is 6.07 Å². The first-order valence-electron chi connectivity index (χ1n) is 5.77. The summed E-state index contributed by atoms with van der Waals surface area (Å²) in [6, 6.07) is 2.69. The monoisotopic (exact) mass is 246 g/mol. The summed E-state index contributed by atoms with van der Waals surface area (Å²) < 4.78 is 36.9. The van der Waals surface area contributed by atoms with Crippen LogP contribution in [0.15, 0.2) is 18.3 Å². The van der Waals surface area contributed by atoms with E-state index >= 15 is 0 Å². The van der Waals surface area contributed by atoms with Gasteiger partial charge < -0.3 is 5.32 Å². The molecule has 0 saturated heterocycles. The van der Waals surface area contributed by atoms with Crippen LogP contribution in [0.3, 0.4) is 0 Å². The van der Waals surface area contributed by atoms with Crippen molar-refractivity contribution in [3.63, 3.8) is 0 Å². The second kappa shape index (κ2) is 5.89. The number of hydrogen-bond donors (Lipinski definition) is 1. The van der Waals surface area contributed by atoms with Crippen LogP contribution < -0.4 is 5.32 Å². The van der Waals surface area contributed by atoms with Crippen molar-refractivity contribution in [3.05, 3.63) is 23.9 Å². The molecule has 0 aliphatic carbocycles. The van der Waals surface area contributed by atoms with E-state index in [1.807, 2.05) is 6.92 Å². The molecule has 1 heterocycles. The summed E-state index contributed by atoms with van der Waals surface area (Å²) in [6.07, 6.45) is -0.512. The summed E-state index contributed by atoms with van der Waals surface area (Å²) in [5.41, 5.74) is -0.716. The molecule has 0 aromatic carbocycles. The Labute approximate surface area is 99.3 Å². The lowest BCUT2D eigenvalue weighted by molar-refractivity contribution is -0.137. The van der Waals surface area contributed by atoms with Gasteiger partial charge in [-0.2, -0.15) is 13.2 Å². The lowest BCUT2D eigenvalue weighted by atomic mass is 10.1. The van der Waals surface area contributed by atoms with Gasteiger partial charge in [-0.05, 0) is 25.0 Å². The zero-order valence-corrected chi connectivity index (χ0v) is 10.0. The fourth-order valence-corrected chi connectivity index (χ4v) is 1.58. The maximum atomic E-state index is 12.3. The molecule has 0 saturated carbocycles. The molecule has 0 aliphatic rings. The van der Waals surface area contributed by atoms with Gasteiger partial charge in [-0.3, -0.25) is 0 Å². The molecule has 1 rings (SSSR count). The van der Waals surface area contributed by atoms with Crippen LogP contribution in [0, 0.1) is 0 Å². The summed E-state index contributed by atoms with van der Waals surface area (Å²) in [4.78, 5) is 3.78. The lowest BCUT2D eigenvalue weighted by Gasteiger charge is -2.17. The number of hydrogen-bond acceptors (Lipinski definition) is 2. The van der Waals surface area contributed by atoms with E-state index in [-0.39, 0.29) is 6.04 Å². The largest absolute Gasteiger partial charge is 0.417 e. The smallest absolute Gasteiger partial charge is 0.367 e. The fraction of sp³-hybridized carbons (Fsp3) is 0.583. The molecular weight excluding hydrogens is 229 g/mol. The van der Waals surface area contributed by atoms with Crippen LogP contribution in [0.4, 0.5) is 19.0 Å². The van der Waals surface area contributed by atoms with Crippen LogP contribution in [0.2, 0.25) is 0 Å². The normalized spacial score (nSPS) is 13.5. The van der Waals surface area contributed by atoms with E-state index in [0.717, 1.165) is 31.5 Å². The van der Waals surface area contributed by atoms with Crippen LogP contribution >= 0.6 is 0 Å². The molecule has 1 atom stereocenters. The topological polar surface area (TPSA) is 24.9 Å². The molecule has 1 aromatic rings. The summed E-state index contributed by atoms with van der Waals surface area (Å²) in [5.74, 6) is 0.498. The van der Waals surface area contributed by atoms with Crippen molar-refractivity contribution >= 4 is 5.82 Å². The third-order valence-corrected chi connectivity index (χ3v) is 2.57. The predicted molar refractivity (Wildman–Crippen MR) is 61.8 cm³/mol. The van der Waals surface area contributed by atoms with Crippen LogP contribution in [-0.4, -0.2) is 11.0 Å². The fourth-order valence-electron chi connectivity index (χ4n) is 1.58. The van der Waals surface area contributed by atoms with E-state index < -0.39 is 11.7 Å². The molecule has 5 heteroatoms. The highest BCUT2D eigenvalue weighted by Crippen LogP contribution is 2.28. The highest BCUT2D eigenvalue weighted by atomic mass is 19.4. The van der Waals surface area contributed by atoms with Gasteiger partial charge in [0.05, 0.1) is 5.56 Å². The molecule has 0 amide bonds. The molecule has 0 aliphatic heterocycles. The van der Waals surface area contributed by atoms with Gasteiger partial charge in [0.15, 0.2) is 0 Å². The minimum Gasteiger partial charge on any atom is -0.367 e. The second-order valence-corrected chi connectivity index (χ2v) is 3.97. The van der Waals surface area contributed by atoms with Crippen molar-refractivity contribution < 1.29 is 13.2 Å². The summed E-state index contributed by atoms with van der Waals surface area (Å²) in [6.45, 7) is 4.11.